The highest BCUT2D eigenvalue weighted by molar-refractivity contribution is 5.90. The summed E-state index contributed by atoms with van der Waals surface area (Å²) in [5.41, 5.74) is -0.759. The molecular weight excluding hydrogens is 426 g/mol. The van der Waals surface area contributed by atoms with Crippen molar-refractivity contribution in [3.05, 3.63) is 23.8 Å². The average Bonchev–Trinajstić information content (AvgIpc) is 2.98. The molecule has 0 aromatic heterocycles. The van der Waals surface area contributed by atoms with Gasteiger partial charge in [0, 0.05) is 32.1 Å². The summed E-state index contributed by atoms with van der Waals surface area (Å²) in [6.45, 7) is 7.45. The Bertz CT molecular complexity index is 931. The first-order valence-electron chi connectivity index (χ1n) is 10.4. The van der Waals surface area contributed by atoms with Gasteiger partial charge in [0.15, 0.2) is 11.6 Å². The quantitative estimate of drug-likeness (QED) is 0.705. The highest BCUT2D eigenvalue weighted by atomic mass is 19.1. The van der Waals surface area contributed by atoms with Crippen LogP contribution in [0, 0.1) is 11.6 Å². The maximum Gasteiger partial charge on any atom is 0.414 e. The normalized spacial score (nSPS) is 24.4. The summed E-state index contributed by atoms with van der Waals surface area (Å²) in [7, 11) is 0. The molecule has 2 unspecified atom stereocenters. The number of cyclic esters (lactones) is 1. The van der Waals surface area contributed by atoms with E-state index in [1.807, 2.05) is 0 Å². The number of carbonyl (C=O) groups excluding carboxylic acids is 3. The molecule has 3 fully saturated rings. The lowest BCUT2D eigenvalue weighted by molar-refractivity contribution is -0.119. The minimum Gasteiger partial charge on any atom is -0.444 e. The molecule has 0 saturated carbocycles. The molecular formula is C21H26F2N4O5. The van der Waals surface area contributed by atoms with E-state index in [4.69, 9.17) is 9.47 Å². The molecule has 0 bridgehead atoms. The molecule has 3 heterocycles. The highest BCUT2D eigenvalue weighted by Gasteiger charge is 2.58. The topological polar surface area (TPSA) is 91.2 Å². The first-order chi connectivity index (χ1) is 14.9. The summed E-state index contributed by atoms with van der Waals surface area (Å²) in [6.07, 6.45) is -1.77. The molecule has 11 heteroatoms. The van der Waals surface area contributed by atoms with Crippen molar-refractivity contribution in [2.45, 2.75) is 51.5 Å². The standard InChI is InChI=1S/C21H26F2N4O5/c1-11(28)24-7-13-8-26(19(29)31-13)12-5-14(22)18(15(23)6-12)25-9-16-17(10-25)27(16)20(30)32-21(2,3)4/h5-6,13,16-17H,7-10H2,1-4H3,(H,24,28)/t13-,16?,17?,27?/m0/s1. The van der Waals surface area contributed by atoms with E-state index >= 15 is 0 Å². The molecule has 3 atom stereocenters. The Kier molecular flexibility index (Phi) is 5.38. The lowest BCUT2D eigenvalue weighted by Gasteiger charge is -2.26. The lowest BCUT2D eigenvalue weighted by atomic mass is 10.2. The predicted molar refractivity (Wildman–Crippen MR) is 111 cm³/mol. The molecule has 0 aliphatic carbocycles. The van der Waals surface area contributed by atoms with Crippen LogP contribution in [0.5, 0.6) is 0 Å². The van der Waals surface area contributed by atoms with Gasteiger partial charge in [-0.3, -0.25) is 14.6 Å². The molecule has 4 rings (SSSR count). The van der Waals surface area contributed by atoms with Crippen LogP contribution in [0.4, 0.5) is 29.7 Å². The number of hydrogen-bond acceptors (Lipinski definition) is 6. The van der Waals surface area contributed by atoms with Crippen LogP contribution in [0.25, 0.3) is 0 Å². The van der Waals surface area contributed by atoms with E-state index in [0.29, 0.717) is 13.1 Å². The Balaban J connectivity index is 1.41. The Morgan fingerprint density at radius 2 is 1.75 bits per heavy atom. The fourth-order valence-corrected chi connectivity index (χ4v) is 4.15. The van der Waals surface area contributed by atoms with Gasteiger partial charge in [0.2, 0.25) is 5.91 Å². The number of nitrogens with zero attached hydrogens (tertiary/aromatic N) is 3. The second kappa shape index (κ2) is 7.79. The molecule has 1 N–H and O–H groups in total. The first-order valence-corrected chi connectivity index (χ1v) is 10.4. The predicted octanol–water partition coefficient (Wildman–Crippen LogP) is 2.23. The molecule has 3 amide bonds. The summed E-state index contributed by atoms with van der Waals surface area (Å²) in [5, 5.41) is 2.55. The largest absolute Gasteiger partial charge is 0.444 e. The number of hydrogen-bond donors (Lipinski definition) is 1. The monoisotopic (exact) mass is 452 g/mol. The molecule has 32 heavy (non-hydrogen) atoms. The molecule has 0 spiro atoms. The number of halogens is 2. The Hall–Kier alpha value is -3.11. The summed E-state index contributed by atoms with van der Waals surface area (Å²) < 4.78 is 40.3. The molecule has 174 valence electrons. The number of piperazine rings is 1. The number of carbonyl (C=O) groups is 3. The fourth-order valence-electron chi connectivity index (χ4n) is 4.15. The summed E-state index contributed by atoms with van der Waals surface area (Å²) in [6, 6.07) is 1.89. The number of rotatable bonds is 4. The maximum atomic E-state index is 14.9. The van der Waals surface area contributed by atoms with Crippen LogP contribution in [0.3, 0.4) is 0 Å². The van der Waals surface area contributed by atoms with Crippen molar-refractivity contribution >= 4 is 29.5 Å². The van der Waals surface area contributed by atoms with Crippen molar-refractivity contribution in [3.8, 4) is 0 Å². The maximum absolute atomic E-state index is 14.9. The van der Waals surface area contributed by atoms with E-state index < -0.39 is 35.5 Å². The zero-order valence-corrected chi connectivity index (χ0v) is 18.4. The zero-order valence-electron chi connectivity index (χ0n) is 18.4. The Morgan fingerprint density at radius 1 is 1.16 bits per heavy atom. The van der Waals surface area contributed by atoms with Gasteiger partial charge in [-0.1, -0.05) is 0 Å². The molecule has 1 aromatic rings. The third-order valence-electron chi connectivity index (χ3n) is 5.57. The third-order valence-corrected chi connectivity index (χ3v) is 5.57. The van der Waals surface area contributed by atoms with Gasteiger partial charge in [0.05, 0.1) is 30.9 Å². The zero-order chi connectivity index (χ0) is 23.4. The van der Waals surface area contributed by atoms with Crippen molar-refractivity contribution in [3.63, 3.8) is 0 Å². The number of amides is 3. The van der Waals surface area contributed by atoms with Crippen molar-refractivity contribution < 1.29 is 32.6 Å². The van der Waals surface area contributed by atoms with E-state index in [0.717, 1.165) is 17.0 Å². The van der Waals surface area contributed by atoms with E-state index in [2.05, 4.69) is 5.32 Å². The van der Waals surface area contributed by atoms with E-state index in [1.165, 1.54) is 6.92 Å². The number of ether oxygens (including phenoxy) is 2. The third kappa shape index (κ3) is 4.28. The van der Waals surface area contributed by atoms with Crippen molar-refractivity contribution in [2.75, 3.05) is 36.0 Å². The second-order valence-corrected chi connectivity index (χ2v) is 9.24. The number of fused-ring (bicyclic) bond motifs is 1. The summed E-state index contributed by atoms with van der Waals surface area (Å²) >= 11 is 0. The summed E-state index contributed by atoms with van der Waals surface area (Å²) in [5.74, 6) is -1.87. The van der Waals surface area contributed by atoms with Gasteiger partial charge in [0.25, 0.3) is 0 Å². The average molecular weight is 452 g/mol. The van der Waals surface area contributed by atoms with Crippen molar-refractivity contribution in [1.82, 2.24) is 10.2 Å². The van der Waals surface area contributed by atoms with Crippen LogP contribution in [0.15, 0.2) is 12.1 Å². The van der Waals surface area contributed by atoms with Gasteiger partial charge >= 0.3 is 12.2 Å². The minimum atomic E-state index is -0.803. The SMILES string of the molecule is CC(=O)NC[C@H]1CN(c2cc(F)c(N3CC4C(C3)N4C(=O)OC(C)(C)C)c(F)c2)C(=O)O1. The molecule has 9 nitrogen and oxygen atoms in total. The molecule has 0 radical (unpaired) electrons. The fraction of sp³-hybridized carbons (Fsp3) is 0.571. The van der Waals surface area contributed by atoms with E-state index in [-0.39, 0.29) is 42.5 Å². The first kappa shape index (κ1) is 22.1. The summed E-state index contributed by atoms with van der Waals surface area (Å²) in [4.78, 5) is 39.6. The second-order valence-electron chi connectivity index (χ2n) is 9.24. The lowest BCUT2D eigenvalue weighted by Crippen LogP contribution is -2.36. The highest BCUT2D eigenvalue weighted by Crippen LogP contribution is 2.41. The molecule has 3 saturated heterocycles. The van der Waals surface area contributed by atoms with E-state index in [9.17, 15) is 23.2 Å². The van der Waals surface area contributed by atoms with Crippen molar-refractivity contribution in [2.24, 2.45) is 0 Å². The Morgan fingerprint density at radius 3 is 2.28 bits per heavy atom. The van der Waals surface area contributed by atoms with Gasteiger partial charge in [0.1, 0.15) is 17.4 Å². The van der Waals surface area contributed by atoms with Gasteiger partial charge in [-0.15, -0.1) is 0 Å². The van der Waals surface area contributed by atoms with Crippen molar-refractivity contribution in [1.29, 1.82) is 0 Å². The smallest absolute Gasteiger partial charge is 0.414 e. The number of nitrogens with one attached hydrogen (secondary N) is 1. The van der Waals surface area contributed by atoms with Crippen LogP contribution in [-0.2, 0) is 14.3 Å². The minimum absolute atomic E-state index is 0.0406. The van der Waals surface area contributed by atoms with Crippen LogP contribution < -0.4 is 15.1 Å². The van der Waals surface area contributed by atoms with Crippen LogP contribution >= 0.6 is 0 Å². The van der Waals surface area contributed by atoms with Gasteiger partial charge < -0.3 is 19.7 Å². The van der Waals surface area contributed by atoms with Gasteiger partial charge in [-0.2, -0.15) is 0 Å². The van der Waals surface area contributed by atoms with E-state index in [1.54, 1.807) is 30.6 Å². The van der Waals surface area contributed by atoms with Crippen LogP contribution in [0.1, 0.15) is 27.7 Å². The number of anilines is 2. The van der Waals surface area contributed by atoms with Gasteiger partial charge in [-0.05, 0) is 20.8 Å². The molecule has 3 aliphatic heterocycles. The van der Waals surface area contributed by atoms with Gasteiger partial charge in [-0.25, -0.2) is 18.4 Å². The van der Waals surface area contributed by atoms with Crippen LogP contribution in [-0.4, -0.2) is 73.0 Å². The Labute approximate surface area is 184 Å². The molecule has 1 aromatic carbocycles. The van der Waals surface area contributed by atoms with Crippen LogP contribution in [0.2, 0.25) is 0 Å². The molecule has 3 aliphatic rings. The number of benzene rings is 1.